The molecule has 0 saturated carbocycles. The van der Waals surface area contributed by atoms with E-state index in [1.165, 1.54) is 19.2 Å². The fourth-order valence-corrected chi connectivity index (χ4v) is 2.71. The maximum absolute atomic E-state index is 13.2. The largest absolute Gasteiger partial charge is 0.488 e. The molecule has 0 spiro atoms. The lowest BCUT2D eigenvalue weighted by Gasteiger charge is -2.16. The molecular formula is C17H14ClF3N4O2. The molecule has 0 radical (unpaired) electrons. The van der Waals surface area contributed by atoms with Gasteiger partial charge in [-0.1, -0.05) is 23.7 Å². The van der Waals surface area contributed by atoms with E-state index in [0.29, 0.717) is 11.1 Å². The first-order valence-electron chi connectivity index (χ1n) is 7.76. The number of halogens is 4. The molecule has 0 amide bonds. The maximum Gasteiger partial charge on any atom is 0.419 e. The summed E-state index contributed by atoms with van der Waals surface area (Å²) in [6, 6.07) is 8.32. The zero-order chi connectivity index (χ0) is 19.8. The van der Waals surface area contributed by atoms with Gasteiger partial charge in [-0.15, -0.1) is 0 Å². The standard InChI is InChI=1S/C17H14ClF3N4O2/c1-10-6-7-12(17(19,20)21)15(8-10)27-9-11-13(18)4-3-5-14(11)25-16(26)24(2)22-23-25/h3-8H,9H2,1-2H3. The average Bonchev–Trinajstić information content (AvgIpc) is 2.91. The van der Waals surface area contributed by atoms with Crippen LogP contribution in [0.4, 0.5) is 13.2 Å². The van der Waals surface area contributed by atoms with E-state index in [-0.39, 0.29) is 23.1 Å². The van der Waals surface area contributed by atoms with Crippen LogP contribution in [-0.2, 0) is 19.8 Å². The minimum absolute atomic E-state index is 0.228. The normalized spacial score (nSPS) is 11.6. The van der Waals surface area contributed by atoms with Crippen molar-refractivity contribution < 1.29 is 17.9 Å². The van der Waals surface area contributed by atoms with Crippen LogP contribution in [0.1, 0.15) is 16.7 Å². The van der Waals surface area contributed by atoms with Crippen molar-refractivity contribution in [2.75, 3.05) is 0 Å². The van der Waals surface area contributed by atoms with Gasteiger partial charge in [0.1, 0.15) is 12.4 Å². The molecule has 0 fully saturated rings. The lowest BCUT2D eigenvalue weighted by atomic mass is 10.1. The summed E-state index contributed by atoms with van der Waals surface area (Å²) in [5, 5.41) is 7.59. The third kappa shape index (κ3) is 3.82. The number of nitrogens with zero attached hydrogens (tertiary/aromatic N) is 4. The Kier molecular flexibility index (Phi) is 4.97. The Morgan fingerprint density at radius 2 is 1.93 bits per heavy atom. The number of tetrazole rings is 1. The molecule has 0 aliphatic carbocycles. The highest BCUT2D eigenvalue weighted by molar-refractivity contribution is 6.31. The molecule has 6 nitrogen and oxygen atoms in total. The van der Waals surface area contributed by atoms with Gasteiger partial charge in [0, 0.05) is 17.6 Å². The first-order chi connectivity index (χ1) is 12.7. The summed E-state index contributed by atoms with van der Waals surface area (Å²) in [7, 11) is 1.43. The summed E-state index contributed by atoms with van der Waals surface area (Å²) >= 11 is 6.19. The van der Waals surface area contributed by atoms with Crippen LogP contribution in [0.15, 0.2) is 41.2 Å². The highest BCUT2D eigenvalue weighted by Crippen LogP contribution is 2.37. The van der Waals surface area contributed by atoms with Gasteiger partial charge in [0.2, 0.25) is 0 Å². The number of hydrogen-bond acceptors (Lipinski definition) is 4. The Labute approximate surface area is 156 Å². The molecule has 0 bridgehead atoms. The summed E-state index contributed by atoms with van der Waals surface area (Å²) in [4.78, 5) is 12.1. The Morgan fingerprint density at radius 3 is 2.56 bits per heavy atom. The Hall–Kier alpha value is -2.81. The summed E-state index contributed by atoms with van der Waals surface area (Å²) in [5.41, 5.74) is -0.204. The van der Waals surface area contributed by atoms with Crippen molar-refractivity contribution in [1.82, 2.24) is 19.8 Å². The summed E-state index contributed by atoms with van der Waals surface area (Å²) in [6.07, 6.45) is -4.56. The number of rotatable bonds is 4. The zero-order valence-corrected chi connectivity index (χ0v) is 15.0. The van der Waals surface area contributed by atoms with Gasteiger partial charge >= 0.3 is 11.9 Å². The van der Waals surface area contributed by atoms with Gasteiger partial charge in [-0.2, -0.15) is 22.5 Å². The molecule has 3 aromatic rings. The summed E-state index contributed by atoms with van der Waals surface area (Å²) in [5.74, 6) is -0.320. The Bertz CT molecular complexity index is 1040. The molecule has 3 rings (SSSR count). The molecule has 10 heteroatoms. The lowest BCUT2D eigenvalue weighted by Crippen LogP contribution is -2.23. The van der Waals surface area contributed by atoms with E-state index < -0.39 is 17.4 Å². The van der Waals surface area contributed by atoms with Crippen molar-refractivity contribution in [3.05, 3.63) is 68.6 Å². The first-order valence-corrected chi connectivity index (χ1v) is 8.13. The quantitative estimate of drug-likeness (QED) is 0.674. The number of aryl methyl sites for hydroxylation is 2. The fraction of sp³-hybridized carbons (Fsp3) is 0.235. The molecule has 0 aliphatic rings. The molecule has 1 heterocycles. The minimum atomic E-state index is -4.56. The molecule has 27 heavy (non-hydrogen) atoms. The summed E-state index contributed by atoms with van der Waals surface area (Å²) in [6.45, 7) is 1.37. The van der Waals surface area contributed by atoms with Crippen LogP contribution in [-0.4, -0.2) is 19.8 Å². The number of alkyl halides is 3. The van der Waals surface area contributed by atoms with Gasteiger partial charge in [0.05, 0.1) is 11.3 Å². The van der Waals surface area contributed by atoms with Crippen LogP contribution in [0, 0.1) is 6.92 Å². The predicted octanol–water partition coefficient (Wildman–Crippen LogP) is 3.53. The van der Waals surface area contributed by atoms with Crippen LogP contribution in [0.2, 0.25) is 5.02 Å². The van der Waals surface area contributed by atoms with Crippen LogP contribution in [0.3, 0.4) is 0 Å². The fourth-order valence-electron chi connectivity index (χ4n) is 2.49. The minimum Gasteiger partial charge on any atom is -0.488 e. The van der Waals surface area contributed by atoms with Crippen molar-refractivity contribution in [3.8, 4) is 11.4 Å². The van der Waals surface area contributed by atoms with Gasteiger partial charge < -0.3 is 4.74 Å². The van der Waals surface area contributed by atoms with E-state index >= 15 is 0 Å². The second-order valence-electron chi connectivity index (χ2n) is 5.82. The van der Waals surface area contributed by atoms with E-state index in [1.54, 1.807) is 25.1 Å². The molecule has 0 atom stereocenters. The molecule has 1 aromatic heterocycles. The van der Waals surface area contributed by atoms with Gasteiger partial charge in [-0.3, -0.25) is 0 Å². The van der Waals surface area contributed by atoms with Crippen LogP contribution < -0.4 is 10.4 Å². The highest BCUT2D eigenvalue weighted by atomic mass is 35.5. The second kappa shape index (κ2) is 7.07. The average molecular weight is 399 g/mol. The first kappa shape index (κ1) is 19.0. The molecule has 2 aromatic carbocycles. The maximum atomic E-state index is 13.2. The highest BCUT2D eigenvalue weighted by Gasteiger charge is 2.34. The van der Waals surface area contributed by atoms with Gasteiger partial charge in [-0.05, 0) is 47.2 Å². The second-order valence-corrected chi connectivity index (χ2v) is 6.23. The molecule has 0 N–H and O–H groups in total. The van der Waals surface area contributed by atoms with Crippen molar-refractivity contribution in [1.29, 1.82) is 0 Å². The third-order valence-electron chi connectivity index (χ3n) is 3.86. The Morgan fingerprint density at radius 1 is 1.19 bits per heavy atom. The van der Waals surface area contributed by atoms with Crippen molar-refractivity contribution in [3.63, 3.8) is 0 Å². The van der Waals surface area contributed by atoms with Gasteiger partial charge in [0.15, 0.2) is 0 Å². The van der Waals surface area contributed by atoms with Crippen LogP contribution in [0.5, 0.6) is 5.75 Å². The summed E-state index contributed by atoms with van der Waals surface area (Å²) < 4.78 is 47.1. The molecule has 0 saturated heterocycles. The molecule has 0 aliphatic heterocycles. The number of aromatic nitrogens is 4. The SMILES string of the molecule is Cc1ccc(C(F)(F)F)c(OCc2c(Cl)cccc2-n2nnn(C)c2=O)c1. The zero-order valence-electron chi connectivity index (χ0n) is 14.3. The van der Waals surface area contributed by atoms with E-state index in [2.05, 4.69) is 10.4 Å². The predicted molar refractivity (Wildman–Crippen MR) is 92.1 cm³/mol. The van der Waals surface area contributed by atoms with E-state index in [9.17, 15) is 18.0 Å². The molecule has 0 unspecified atom stereocenters. The number of hydrogen-bond donors (Lipinski definition) is 0. The lowest BCUT2D eigenvalue weighted by molar-refractivity contribution is -0.139. The van der Waals surface area contributed by atoms with E-state index in [4.69, 9.17) is 16.3 Å². The van der Waals surface area contributed by atoms with Gasteiger partial charge in [0.25, 0.3) is 0 Å². The third-order valence-corrected chi connectivity index (χ3v) is 4.21. The van der Waals surface area contributed by atoms with Crippen molar-refractivity contribution >= 4 is 11.6 Å². The van der Waals surface area contributed by atoms with Crippen LogP contribution in [0.25, 0.3) is 5.69 Å². The van der Waals surface area contributed by atoms with Crippen molar-refractivity contribution in [2.24, 2.45) is 7.05 Å². The molecular weight excluding hydrogens is 385 g/mol. The monoisotopic (exact) mass is 398 g/mol. The molecule has 142 valence electrons. The van der Waals surface area contributed by atoms with E-state index in [0.717, 1.165) is 15.4 Å². The topological polar surface area (TPSA) is 61.9 Å². The van der Waals surface area contributed by atoms with Gasteiger partial charge in [-0.25, -0.2) is 4.79 Å². The smallest absolute Gasteiger partial charge is 0.419 e. The van der Waals surface area contributed by atoms with Crippen LogP contribution >= 0.6 is 11.6 Å². The number of ether oxygens (including phenoxy) is 1. The van der Waals surface area contributed by atoms with E-state index in [1.807, 2.05) is 0 Å². The number of benzene rings is 2. The Balaban J connectivity index is 2.00. The van der Waals surface area contributed by atoms with Crippen molar-refractivity contribution in [2.45, 2.75) is 19.7 Å².